The van der Waals surface area contributed by atoms with Crippen molar-refractivity contribution >= 4 is 5.97 Å². The number of hydrogen-bond acceptors (Lipinski definition) is 3. The van der Waals surface area contributed by atoms with Crippen LogP contribution in [0.25, 0.3) is 0 Å². The van der Waals surface area contributed by atoms with Crippen molar-refractivity contribution in [1.29, 1.82) is 0 Å². The molecule has 17 heavy (non-hydrogen) atoms. The fraction of sp³-hybridized carbons (Fsp3) is 0.929. The average Bonchev–Trinajstić information content (AvgIpc) is 2.15. The topological polar surface area (TPSA) is 29.5 Å². The van der Waals surface area contributed by atoms with E-state index in [-0.39, 0.29) is 12.1 Å². The summed E-state index contributed by atoms with van der Waals surface area (Å²) in [5.74, 6) is 1.74. The van der Waals surface area contributed by atoms with Crippen LogP contribution in [0.3, 0.4) is 0 Å². The molecule has 1 aliphatic carbocycles. The molecule has 3 nitrogen and oxygen atoms in total. The highest BCUT2D eigenvalue weighted by molar-refractivity contribution is 5.71. The van der Waals surface area contributed by atoms with Gasteiger partial charge in [0, 0.05) is 0 Å². The molecule has 0 saturated heterocycles. The molecule has 0 radical (unpaired) electrons. The largest absolute Gasteiger partial charge is 0.461 e. The first-order chi connectivity index (χ1) is 7.90. The van der Waals surface area contributed by atoms with E-state index in [9.17, 15) is 4.79 Å². The molecule has 100 valence electrons. The molecule has 1 fully saturated rings. The van der Waals surface area contributed by atoms with E-state index in [1.165, 1.54) is 12.8 Å². The van der Waals surface area contributed by atoms with Crippen LogP contribution in [0.2, 0.25) is 0 Å². The molecule has 1 saturated carbocycles. The van der Waals surface area contributed by atoms with Crippen molar-refractivity contribution in [1.82, 2.24) is 4.90 Å². The minimum Gasteiger partial charge on any atom is -0.461 e. The zero-order valence-electron chi connectivity index (χ0n) is 11.9. The van der Waals surface area contributed by atoms with Gasteiger partial charge in [0.05, 0.1) is 6.54 Å². The highest BCUT2D eigenvalue weighted by Gasteiger charge is 2.33. The van der Waals surface area contributed by atoms with E-state index < -0.39 is 0 Å². The van der Waals surface area contributed by atoms with E-state index in [2.05, 4.69) is 20.8 Å². The SMILES string of the molecule is CC1CCC(C(C)C)C(OC(=O)CN(C)C)C1. The number of esters is 1. The van der Waals surface area contributed by atoms with E-state index in [1.807, 2.05) is 19.0 Å². The zero-order chi connectivity index (χ0) is 13.0. The van der Waals surface area contributed by atoms with Gasteiger partial charge in [-0.05, 0) is 44.7 Å². The summed E-state index contributed by atoms with van der Waals surface area (Å²) in [5, 5.41) is 0. The second kappa shape index (κ2) is 6.39. The lowest BCUT2D eigenvalue weighted by Crippen LogP contribution is -2.37. The van der Waals surface area contributed by atoms with E-state index in [4.69, 9.17) is 4.74 Å². The molecule has 0 spiro atoms. The Kier molecular flexibility index (Phi) is 5.44. The van der Waals surface area contributed by atoms with Gasteiger partial charge in [0.1, 0.15) is 6.10 Å². The number of ether oxygens (including phenoxy) is 1. The molecule has 0 bridgehead atoms. The molecular formula is C14H27NO2. The Morgan fingerprint density at radius 3 is 2.53 bits per heavy atom. The molecule has 0 aromatic carbocycles. The zero-order valence-corrected chi connectivity index (χ0v) is 11.9. The second-order valence-electron chi connectivity index (χ2n) is 6.09. The molecule has 0 amide bonds. The molecule has 1 aliphatic rings. The third kappa shape index (κ3) is 4.66. The summed E-state index contributed by atoms with van der Waals surface area (Å²) in [4.78, 5) is 13.6. The van der Waals surface area contributed by atoms with Crippen molar-refractivity contribution in [3.05, 3.63) is 0 Å². The van der Waals surface area contributed by atoms with Gasteiger partial charge < -0.3 is 4.74 Å². The normalized spacial score (nSPS) is 29.7. The smallest absolute Gasteiger partial charge is 0.320 e. The number of likely N-dealkylation sites (N-methyl/N-ethyl adjacent to an activating group) is 1. The first kappa shape index (κ1) is 14.5. The Morgan fingerprint density at radius 2 is 2.00 bits per heavy atom. The lowest BCUT2D eigenvalue weighted by atomic mass is 9.75. The fourth-order valence-electron chi connectivity index (χ4n) is 2.71. The summed E-state index contributed by atoms with van der Waals surface area (Å²) in [5.41, 5.74) is 0. The Hall–Kier alpha value is -0.570. The summed E-state index contributed by atoms with van der Waals surface area (Å²) in [6, 6.07) is 0. The molecule has 0 aromatic heterocycles. The molecule has 0 N–H and O–H groups in total. The van der Waals surface area contributed by atoms with Crippen LogP contribution in [0.15, 0.2) is 0 Å². The lowest BCUT2D eigenvalue weighted by Gasteiger charge is -2.36. The first-order valence-corrected chi connectivity index (χ1v) is 6.74. The summed E-state index contributed by atoms with van der Waals surface area (Å²) in [6.07, 6.45) is 3.62. The van der Waals surface area contributed by atoms with Crippen LogP contribution < -0.4 is 0 Å². The van der Waals surface area contributed by atoms with E-state index in [0.717, 1.165) is 6.42 Å². The molecule has 0 heterocycles. The molecular weight excluding hydrogens is 214 g/mol. The quantitative estimate of drug-likeness (QED) is 0.708. The maximum absolute atomic E-state index is 11.7. The summed E-state index contributed by atoms with van der Waals surface area (Å²) >= 11 is 0. The average molecular weight is 241 g/mol. The molecule has 1 rings (SSSR count). The van der Waals surface area contributed by atoms with Gasteiger partial charge in [-0.2, -0.15) is 0 Å². The van der Waals surface area contributed by atoms with E-state index >= 15 is 0 Å². The molecule has 3 atom stereocenters. The predicted molar refractivity (Wildman–Crippen MR) is 69.8 cm³/mol. The monoisotopic (exact) mass is 241 g/mol. The number of carbonyl (C=O) groups is 1. The van der Waals surface area contributed by atoms with Gasteiger partial charge in [0.2, 0.25) is 0 Å². The van der Waals surface area contributed by atoms with Gasteiger partial charge in [0.25, 0.3) is 0 Å². The minimum absolute atomic E-state index is 0.0836. The maximum atomic E-state index is 11.7. The van der Waals surface area contributed by atoms with Crippen molar-refractivity contribution in [2.45, 2.75) is 46.1 Å². The van der Waals surface area contributed by atoms with Gasteiger partial charge >= 0.3 is 5.97 Å². The molecule has 0 aromatic rings. The van der Waals surface area contributed by atoms with E-state index in [0.29, 0.717) is 24.3 Å². The van der Waals surface area contributed by atoms with Crippen molar-refractivity contribution in [2.24, 2.45) is 17.8 Å². The third-order valence-corrected chi connectivity index (χ3v) is 3.69. The van der Waals surface area contributed by atoms with E-state index in [1.54, 1.807) is 0 Å². The Labute approximate surface area is 106 Å². The minimum atomic E-state index is -0.0836. The number of hydrogen-bond donors (Lipinski definition) is 0. The summed E-state index contributed by atoms with van der Waals surface area (Å²) in [6.45, 7) is 7.10. The van der Waals surface area contributed by atoms with Crippen molar-refractivity contribution in [2.75, 3.05) is 20.6 Å². The van der Waals surface area contributed by atoms with Crippen LogP contribution >= 0.6 is 0 Å². The maximum Gasteiger partial charge on any atom is 0.320 e. The van der Waals surface area contributed by atoms with Crippen LogP contribution in [0, 0.1) is 17.8 Å². The molecule has 3 heteroatoms. The second-order valence-corrected chi connectivity index (χ2v) is 6.09. The molecule has 3 unspecified atom stereocenters. The summed E-state index contributed by atoms with van der Waals surface area (Å²) in [7, 11) is 3.79. The van der Waals surface area contributed by atoms with Crippen LogP contribution in [0.1, 0.15) is 40.0 Å². The van der Waals surface area contributed by atoms with Gasteiger partial charge in [-0.25, -0.2) is 0 Å². The number of rotatable bonds is 4. The van der Waals surface area contributed by atoms with Crippen LogP contribution in [-0.4, -0.2) is 37.6 Å². The first-order valence-electron chi connectivity index (χ1n) is 6.74. The Bertz CT molecular complexity index is 251. The van der Waals surface area contributed by atoms with Crippen molar-refractivity contribution in [3.8, 4) is 0 Å². The highest BCUT2D eigenvalue weighted by atomic mass is 16.5. The van der Waals surface area contributed by atoms with Crippen LogP contribution in [0.5, 0.6) is 0 Å². The van der Waals surface area contributed by atoms with Crippen LogP contribution in [-0.2, 0) is 9.53 Å². The lowest BCUT2D eigenvalue weighted by molar-refractivity contribution is -0.156. The Balaban J connectivity index is 2.54. The Morgan fingerprint density at radius 1 is 1.35 bits per heavy atom. The highest BCUT2D eigenvalue weighted by Crippen LogP contribution is 2.35. The van der Waals surface area contributed by atoms with Crippen LogP contribution in [0.4, 0.5) is 0 Å². The number of carbonyl (C=O) groups excluding carboxylic acids is 1. The molecule has 0 aliphatic heterocycles. The standard InChI is InChI=1S/C14H27NO2/c1-10(2)12-7-6-11(3)8-13(12)17-14(16)9-15(4)5/h10-13H,6-9H2,1-5H3. The van der Waals surface area contributed by atoms with Gasteiger partial charge in [-0.3, -0.25) is 9.69 Å². The third-order valence-electron chi connectivity index (χ3n) is 3.69. The van der Waals surface area contributed by atoms with Gasteiger partial charge in [0.15, 0.2) is 0 Å². The van der Waals surface area contributed by atoms with Crippen molar-refractivity contribution in [3.63, 3.8) is 0 Å². The van der Waals surface area contributed by atoms with Crippen molar-refractivity contribution < 1.29 is 9.53 Å². The van der Waals surface area contributed by atoms with Gasteiger partial charge in [-0.1, -0.05) is 27.2 Å². The summed E-state index contributed by atoms with van der Waals surface area (Å²) < 4.78 is 5.67. The predicted octanol–water partition coefficient (Wildman–Crippen LogP) is 2.55. The number of nitrogens with zero attached hydrogens (tertiary/aromatic N) is 1. The van der Waals surface area contributed by atoms with Gasteiger partial charge in [-0.15, -0.1) is 0 Å². The fourth-order valence-corrected chi connectivity index (χ4v) is 2.71.